The number of benzene rings is 6. The molecule has 52 heavy (non-hydrogen) atoms. The lowest BCUT2D eigenvalue weighted by molar-refractivity contribution is 0.240. The summed E-state index contributed by atoms with van der Waals surface area (Å²) in [7, 11) is 0. The van der Waals surface area contributed by atoms with Gasteiger partial charge >= 0.3 is 0 Å². The third-order valence-corrected chi connectivity index (χ3v) is 11.5. The van der Waals surface area contributed by atoms with Crippen molar-refractivity contribution in [3.8, 4) is 50.1 Å². The summed E-state index contributed by atoms with van der Waals surface area (Å²) >= 11 is 1.80. The van der Waals surface area contributed by atoms with E-state index in [1.54, 1.807) is 11.3 Å². The topological polar surface area (TPSA) is 48.4 Å². The Morgan fingerprint density at radius 3 is 2.27 bits per heavy atom. The van der Waals surface area contributed by atoms with Crippen LogP contribution in [0.4, 0.5) is 0 Å². The van der Waals surface area contributed by atoms with Crippen LogP contribution in [0.2, 0.25) is 0 Å². The molecule has 0 aliphatic carbocycles. The molecule has 4 nitrogen and oxygen atoms in total. The van der Waals surface area contributed by atoms with Gasteiger partial charge in [-0.05, 0) is 59.5 Å². The molecule has 1 atom stereocenters. The highest BCUT2D eigenvalue weighted by molar-refractivity contribution is 7.22. The summed E-state index contributed by atoms with van der Waals surface area (Å²) in [5, 5.41) is 5.40. The highest BCUT2D eigenvalue weighted by Crippen LogP contribution is 2.54. The van der Waals surface area contributed by atoms with E-state index < -0.39 is 0 Å². The molecule has 0 radical (unpaired) electrons. The molecule has 4 aromatic heterocycles. The first kappa shape index (κ1) is 29.3. The van der Waals surface area contributed by atoms with Crippen LogP contribution in [0, 0.1) is 0 Å². The largest absolute Gasteiger partial charge is 0.485 e. The van der Waals surface area contributed by atoms with Gasteiger partial charge in [-0.15, -0.1) is 11.3 Å². The lowest BCUT2D eigenvalue weighted by Gasteiger charge is -2.24. The fourth-order valence-electron chi connectivity index (χ4n) is 7.90. The highest BCUT2D eigenvalue weighted by atomic mass is 32.1. The Hall–Kier alpha value is -6.43. The molecule has 0 spiro atoms. The molecule has 10 aromatic rings. The van der Waals surface area contributed by atoms with Gasteiger partial charge in [0.2, 0.25) is 0 Å². The van der Waals surface area contributed by atoms with Crippen LogP contribution >= 0.6 is 11.3 Å². The van der Waals surface area contributed by atoms with Crippen molar-refractivity contribution in [1.82, 2.24) is 4.98 Å². The average Bonchev–Trinajstić information content (AvgIpc) is 4.01. The second-order valence-corrected chi connectivity index (χ2v) is 14.5. The quantitative estimate of drug-likeness (QED) is 0.181. The molecule has 1 aliphatic rings. The molecule has 1 unspecified atom stereocenters. The van der Waals surface area contributed by atoms with Gasteiger partial charge in [-0.1, -0.05) is 103 Å². The Bertz CT molecular complexity index is 2910. The van der Waals surface area contributed by atoms with Crippen molar-refractivity contribution in [2.75, 3.05) is 0 Å². The summed E-state index contributed by atoms with van der Waals surface area (Å²) in [6.07, 6.45) is 2.31. The van der Waals surface area contributed by atoms with Crippen LogP contribution in [0.15, 0.2) is 167 Å². The lowest BCUT2D eigenvalue weighted by Crippen LogP contribution is -2.09. The molecule has 0 amide bonds. The Balaban J connectivity index is 1.32. The van der Waals surface area contributed by atoms with E-state index in [0.29, 0.717) is 0 Å². The Labute approximate surface area is 303 Å². The molecule has 5 heterocycles. The van der Waals surface area contributed by atoms with Crippen molar-refractivity contribution < 1.29 is 13.6 Å². The number of pyridine rings is 1. The first-order valence-corrected chi connectivity index (χ1v) is 18.3. The van der Waals surface area contributed by atoms with Crippen LogP contribution in [-0.4, -0.2) is 4.98 Å². The summed E-state index contributed by atoms with van der Waals surface area (Å²) in [6, 6.07) is 52.9. The fraction of sp³-hybridized carbons (Fsp3) is 0.0426. The molecule has 0 saturated carbocycles. The predicted molar refractivity (Wildman–Crippen MR) is 212 cm³/mol. The van der Waals surface area contributed by atoms with Crippen molar-refractivity contribution in [3.05, 3.63) is 169 Å². The van der Waals surface area contributed by atoms with Gasteiger partial charge in [0, 0.05) is 65.4 Å². The zero-order valence-corrected chi connectivity index (χ0v) is 28.7. The first-order valence-electron chi connectivity index (χ1n) is 17.5. The van der Waals surface area contributed by atoms with E-state index in [4.69, 9.17) is 18.6 Å². The third-order valence-electron chi connectivity index (χ3n) is 10.3. The minimum absolute atomic E-state index is 0.279. The molecule has 0 fully saturated rings. The second-order valence-electron chi connectivity index (χ2n) is 13.4. The third kappa shape index (κ3) is 4.63. The molecule has 5 heteroatoms. The number of ether oxygens (including phenoxy) is 1. The molecule has 11 rings (SSSR count). The van der Waals surface area contributed by atoms with Gasteiger partial charge in [0.05, 0.1) is 17.5 Å². The van der Waals surface area contributed by atoms with Crippen LogP contribution in [0.1, 0.15) is 17.2 Å². The van der Waals surface area contributed by atoms with Crippen molar-refractivity contribution in [1.29, 1.82) is 0 Å². The molecule has 6 aromatic carbocycles. The van der Waals surface area contributed by atoms with Gasteiger partial charge in [-0.3, -0.25) is 0 Å². The monoisotopic (exact) mass is 687 g/mol. The molecular weight excluding hydrogens is 659 g/mol. The van der Waals surface area contributed by atoms with Crippen LogP contribution in [-0.2, 0) is 6.42 Å². The number of para-hydroxylation sites is 3. The van der Waals surface area contributed by atoms with E-state index in [2.05, 4.69) is 121 Å². The maximum absolute atomic E-state index is 6.95. The Kier molecular flexibility index (Phi) is 6.51. The summed E-state index contributed by atoms with van der Waals surface area (Å²) in [6.45, 7) is 0. The van der Waals surface area contributed by atoms with Crippen LogP contribution in [0.5, 0.6) is 5.75 Å². The number of furan rings is 2. The van der Waals surface area contributed by atoms with Gasteiger partial charge in [0.1, 0.15) is 29.0 Å². The predicted octanol–water partition coefficient (Wildman–Crippen LogP) is 13.3. The Morgan fingerprint density at radius 1 is 0.615 bits per heavy atom. The van der Waals surface area contributed by atoms with Gasteiger partial charge < -0.3 is 13.6 Å². The van der Waals surface area contributed by atoms with Gasteiger partial charge in [0.25, 0.3) is 0 Å². The number of hydrogen-bond acceptors (Lipinski definition) is 5. The van der Waals surface area contributed by atoms with Crippen molar-refractivity contribution in [2.45, 2.75) is 12.5 Å². The van der Waals surface area contributed by atoms with Crippen molar-refractivity contribution in [2.24, 2.45) is 0 Å². The van der Waals surface area contributed by atoms with Gasteiger partial charge in [-0.2, -0.15) is 0 Å². The zero-order valence-electron chi connectivity index (χ0n) is 27.9. The SMILES string of the molecule is c1ccc2c(c1)CC(c1c(-c3cc4ccccc4s3)cc(-c3ccc4ccccc4n3)c(-c3cc4ccccc4o3)c1-c1occ3ccccc13)O2. The van der Waals surface area contributed by atoms with Crippen LogP contribution < -0.4 is 4.74 Å². The maximum Gasteiger partial charge on any atom is 0.142 e. The summed E-state index contributed by atoms with van der Waals surface area (Å²) in [5.74, 6) is 2.45. The number of nitrogens with zero attached hydrogens (tertiary/aromatic N) is 1. The lowest BCUT2D eigenvalue weighted by atomic mass is 9.83. The molecule has 0 N–H and O–H groups in total. The van der Waals surface area contributed by atoms with E-state index >= 15 is 0 Å². The molecule has 0 saturated heterocycles. The fourth-order valence-corrected chi connectivity index (χ4v) is 8.99. The normalized spacial score (nSPS) is 14.0. The van der Waals surface area contributed by atoms with E-state index in [-0.39, 0.29) is 6.10 Å². The van der Waals surface area contributed by atoms with E-state index in [9.17, 15) is 0 Å². The zero-order chi connectivity index (χ0) is 34.2. The smallest absolute Gasteiger partial charge is 0.142 e. The molecule has 0 bridgehead atoms. The molecular formula is C47H29NO3S. The molecule has 1 aliphatic heterocycles. The van der Waals surface area contributed by atoms with Crippen molar-refractivity contribution in [3.63, 3.8) is 0 Å². The van der Waals surface area contributed by atoms with E-state index in [1.807, 2.05) is 36.6 Å². The Morgan fingerprint density at radius 2 is 1.38 bits per heavy atom. The van der Waals surface area contributed by atoms with E-state index in [0.717, 1.165) is 94.7 Å². The average molecular weight is 688 g/mol. The summed E-state index contributed by atoms with van der Waals surface area (Å²) in [5.41, 5.74) is 8.82. The second kappa shape index (κ2) is 11.6. The van der Waals surface area contributed by atoms with Crippen LogP contribution in [0.25, 0.3) is 87.1 Å². The van der Waals surface area contributed by atoms with Crippen LogP contribution in [0.3, 0.4) is 0 Å². The number of fused-ring (bicyclic) bond motifs is 5. The summed E-state index contributed by atoms with van der Waals surface area (Å²) in [4.78, 5) is 6.47. The van der Waals surface area contributed by atoms with Gasteiger partial charge in [0.15, 0.2) is 0 Å². The number of thiophene rings is 1. The summed E-state index contributed by atoms with van der Waals surface area (Å²) < 4.78 is 21.7. The van der Waals surface area contributed by atoms with E-state index in [1.165, 1.54) is 15.6 Å². The maximum atomic E-state index is 6.95. The molecule has 246 valence electrons. The minimum atomic E-state index is -0.279. The number of aromatic nitrogens is 1. The standard InChI is InChI=1S/C47H29NO3S/c1-6-16-33-32(15-1)27-49-47(33)46-44(40-23-29-12-3-8-18-38(29)50-40)34(37-22-21-28-11-2-7-17-36(28)48-37)26-35(43-25-31-14-5-10-20-42(31)52-43)45(46)41-24-30-13-4-9-19-39(30)51-41/h1-23,25-27,41H,24H2. The number of rotatable bonds is 5. The van der Waals surface area contributed by atoms with Gasteiger partial charge in [-0.25, -0.2) is 4.98 Å². The minimum Gasteiger partial charge on any atom is -0.485 e. The highest BCUT2D eigenvalue weighted by Gasteiger charge is 2.35. The first-order chi connectivity index (χ1) is 25.7. The van der Waals surface area contributed by atoms with Crippen molar-refractivity contribution >= 4 is 54.1 Å². The number of hydrogen-bond donors (Lipinski definition) is 0.